The first-order valence-electron chi connectivity index (χ1n) is 10.3. The molecular formula is C24H22ClN3O2S. The maximum Gasteiger partial charge on any atom is 0.263 e. The van der Waals surface area contributed by atoms with Gasteiger partial charge in [0, 0.05) is 37.7 Å². The average Bonchev–Trinajstić information content (AvgIpc) is 3.39. The third-order valence-electron chi connectivity index (χ3n) is 5.93. The number of hydrogen-bond donors (Lipinski definition) is 0. The monoisotopic (exact) mass is 451 g/mol. The Labute approximate surface area is 190 Å². The van der Waals surface area contributed by atoms with E-state index in [9.17, 15) is 9.59 Å². The molecule has 0 bridgehead atoms. The second-order valence-electron chi connectivity index (χ2n) is 7.92. The van der Waals surface area contributed by atoms with Crippen LogP contribution >= 0.6 is 22.9 Å². The summed E-state index contributed by atoms with van der Waals surface area (Å²) in [7, 11) is 0. The van der Waals surface area contributed by atoms with Gasteiger partial charge < -0.3 is 4.90 Å². The Morgan fingerprint density at radius 2 is 1.61 bits per heavy atom. The van der Waals surface area contributed by atoms with E-state index >= 15 is 0 Å². The van der Waals surface area contributed by atoms with E-state index in [4.69, 9.17) is 11.6 Å². The molecule has 1 fully saturated rings. The number of hydrogen-bond acceptors (Lipinski definition) is 5. The average molecular weight is 452 g/mol. The summed E-state index contributed by atoms with van der Waals surface area (Å²) in [6.45, 7) is 4.63. The smallest absolute Gasteiger partial charge is 0.263 e. The molecule has 5 rings (SSSR count). The molecule has 1 aromatic heterocycles. The zero-order valence-corrected chi connectivity index (χ0v) is 18.5. The predicted molar refractivity (Wildman–Crippen MR) is 124 cm³/mol. The quantitative estimate of drug-likeness (QED) is 0.535. The normalized spacial score (nSPS) is 16.8. The molecule has 0 N–H and O–H groups in total. The highest BCUT2D eigenvalue weighted by molar-refractivity contribution is 7.07. The number of thiophene rings is 1. The molecule has 0 radical (unpaired) electrons. The number of carbonyl (C=O) groups excluding carboxylic acids is 2. The van der Waals surface area contributed by atoms with Crippen molar-refractivity contribution in [1.29, 1.82) is 0 Å². The van der Waals surface area contributed by atoms with Gasteiger partial charge in [-0.3, -0.25) is 19.4 Å². The Hall–Kier alpha value is -2.67. The van der Waals surface area contributed by atoms with E-state index in [1.165, 1.54) is 10.5 Å². The number of benzene rings is 2. The Morgan fingerprint density at radius 1 is 0.839 bits per heavy atom. The molecular weight excluding hydrogens is 430 g/mol. The lowest BCUT2D eigenvalue weighted by Gasteiger charge is -2.36. The molecule has 158 valence electrons. The van der Waals surface area contributed by atoms with Crippen LogP contribution in [0.2, 0.25) is 5.02 Å². The molecule has 0 atom stereocenters. The lowest BCUT2D eigenvalue weighted by molar-refractivity contribution is 0.0642. The van der Waals surface area contributed by atoms with E-state index in [1.54, 1.807) is 17.4 Å². The molecule has 0 spiro atoms. The Morgan fingerprint density at radius 3 is 2.32 bits per heavy atom. The molecule has 5 nitrogen and oxygen atoms in total. The van der Waals surface area contributed by atoms with Gasteiger partial charge >= 0.3 is 0 Å². The van der Waals surface area contributed by atoms with E-state index < -0.39 is 0 Å². The van der Waals surface area contributed by atoms with E-state index in [-0.39, 0.29) is 11.8 Å². The minimum absolute atomic E-state index is 0.189. The summed E-state index contributed by atoms with van der Waals surface area (Å²) in [5.74, 6) is -0.389. The van der Waals surface area contributed by atoms with Gasteiger partial charge in [0.05, 0.1) is 23.4 Å². The summed E-state index contributed by atoms with van der Waals surface area (Å²) in [6, 6.07) is 15.5. The fourth-order valence-corrected chi connectivity index (χ4v) is 5.07. The van der Waals surface area contributed by atoms with Crippen LogP contribution in [0.15, 0.2) is 59.3 Å². The number of nitrogens with zero attached hydrogens (tertiary/aromatic N) is 3. The first kappa shape index (κ1) is 20.2. The van der Waals surface area contributed by atoms with Crippen LogP contribution in [0.1, 0.15) is 31.8 Å². The number of anilines is 1. The van der Waals surface area contributed by atoms with E-state index in [2.05, 4.69) is 21.9 Å². The lowest BCUT2D eigenvalue weighted by atomic mass is 10.1. The van der Waals surface area contributed by atoms with Crippen LogP contribution in [0.5, 0.6) is 0 Å². The largest absolute Gasteiger partial charge is 0.368 e. The van der Waals surface area contributed by atoms with Crippen molar-refractivity contribution in [1.82, 2.24) is 9.80 Å². The summed E-state index contributed by atoms with van der Waals surface area (Å²) < 4.78 is 0. The van der Waals surface area contributed by atoms with Crippen LogP contribution in [0, 0.1) is 0 Å². The zero-order chi connectivity index (χ0) is 21.4. The highest BCUT2D eigenvalue weighted by Gasteiger charge is 2.38. The number of imide groups is 1. The molecule has 31 heavy (non-hydrogen) atoms. The van der Waals surface area contributed by atoms with Crippen LogP contribution in [-0.4, -0.2) is 47.8 Å². The van der Waals surface area contributed by atoms with Crippen LogP contribution in [0.3, 0.4) is 0 Å². The zero-order valence-electron chi connectivity index (χ0n) is 17.0. The van der Waals surface area contributed by atoms with Crippen molar-refractivity contribution in [3.05, 3.63) is 86.6 Å². The second-order valence-corrected chi connectivity index (χ2v) is 9.13. The molecule has 2 aliphatic rings. The Balaban J connectivity index is 1.30. The van der Waals surface area contributed by atoms with E-state index in [1.807, 2.05) is 41.1 Å². The van der Waals surface area contributed by atoms with Crippen molar-refractivity contribution < 1.29 is 9.59 Å². The Kier molecular flexibility index (Phi) is 5.52. The van der Waals surface area contributed by atoms with Gasteiger partial charge in [0.15, 0.2) is 0 Å². The highest BCUT2D eigenvalue weighted by Crippen LogP contribution is 2.33. The van der Waals surface area contributed by atoms with Gasteiger partial charge in [0.25, 0.3) is 11.8 Å². The Bertz CT molecular complexity index is 1110. The number of carbonyl (C=O) groups is 2. The summed E-state index contributed by atoms with van der Waals surface area (Å²) in [4.78, 5) is 32.1. The molecule has 2 aliphatic heterocycles. The molecule has 0 saturated carbocycles. The molecule has 3 aromatic rings. The number of amides is 2. The molecule has 3 heterocycles. The van der Waals surface area contributed by atoms with Crippen molar-refractivity contribution in [2.75, 3.05) is 31.1 Å². The van der Waals surface area contributed by atoms with Crippen LogP contribution in [0.25, 0.3) is 0 Å². The fourth-order valence-electron chi connectivity index (χ4n) is 4.28. The lowest BCUT2D eigenvalue weighted by Crippen LogP contribution is -2.46. The minimum Gasteiger partial charge on any atom is -0.368 e. The molecule has 2 aromatic carbocycles. The van der Waals surface area contributed by atoms with Crippen molar-refractivity contribution >= 4 is 40.4 Å². The van der Waals surface area contributed by atoms with E-state index in [0.29, 0.717) is 17.7 Å². The minimum atomic E-state index is -0.200. The number of rotatable bonds is 5. The van der Waals surface area contributed by atoms with Crippen LogP contribution in [0.4, 0.5) is 5.69 Å². The van der Waals surface area contributed by atoms with Crippen molar-refractivity contribution in [3.63, 3.8) is 0 Å². The van der Waals surface area contributed by atoms with Gasteiger partial charge in [0.1, 0.15) is 0 Å². The summed E-state index contributed by atoms with van der Waals surface area (Å²) in [5.41, 5.74) is 4.16. The van der Waals surface area contributed by atoms with Crippen molar-refractivity contribution in [2.45, 2.75) is 13.1 Å². The van der Waals surface area contributed by atoms with Gasteiger partial charge in [0.2, 0.25) is 0 Å². The number of piperazine rings is 1. The maximum absolute atomic E-state index is 13.2. The summed E-state index contributed by atoms with van der Waals surface area (Å²) >= 11 is 7.55. The third-order valence-corrected chi connectivity index (χ3v) is 6.91. The highest BCUT2D eigenvalue weighted by atomic mass is 35.5. The fraction of sp³-hybridized carbons (Fsp3) is 0.250. The number of fused-ring (bicyclic) bond motifs is 1. The standard InChI is InChI=1S/C24H22ClN3O2S/c25-19-6-4-17(5-7-19)14-26-9-11-27(12-10-26)21-3-1-2-20-22(21)24(30)28(23(20)29)15-18-8-13-31-16-18/h1-8,13,16H,9-12,14-15H2. The van der Waals surface area contributed by atoms with Crippen LogP contribution < -0.4 is 4.90 Å². The topological polar surface area (TPSA) is 43.9 Å². The molecule has 0 unspecified atom stereocenters. The molecule has 2 amide bonds. The van der Waals surface area contributed by atoms with Crippen molar-refractivity contribution in [3.8, 4) is 0 Å². The van der Waals surface area contributed by atoms with Gasteiger partial charge in [-0.25, -0.2) is 0 Å². The van der Waals surface area contributed by atoms with Crippen LogP contribution in [-0.2, 0) is 13.1 Å². The molecule has 0 aliphatic carbocycles. The van der Waals surface area contributed by atoms with Gasteiger partial charge in [-0.2, -0.15) is 11.3 Å². The van der Waals surface area contributed by atoms with Crippen molar-refractivity contribution in [2.24, 2.45) is 0 Å². The third kappa shape index (κ3) is 3.99. The maximum atomic E-state index is 13.2. The predicted octanol–water partition coefficient (Wildman–Crippen LogP) is 4.52. The van der Waals surface area contributed by atoms with Gasteiger partial charge in [-0.15, -0.1) is 0 Å². The number of halogens is 1. The SMILES string of the molecule is O=C1c2cccc(N3CCN(Cc4ccc(Cl)cc4)CC3)c2C(=O)N1Cc1ccsc1. The second kappa shape index (κ2) is 8.46. The summed E-state index contributed by atoms with van der Waals surface area (Å²) in [5, 5.41) is 4.69. The van der Waals surface area contributed by atoms with Gasteiger partial charge in [-0.05, 0) is 52.2 Å². The van der Waals surface area contributed by atoms with Gasteiger partial charge in [-0.1, -0.05) is 29.8 Å². The first-order valence-corrected chi connectivity index (χ1v) is 11.6. The molecule has 1 saturated heterocycles. The first-order chi connectivity index (χ1) is 15.1. The van der Waals surface area contributed by atoms with E-state index in [0.717, 1.165) is 49.0 Å². The molecule has 7 heteroatoms. The summed E-state index contributed by atoms with van der Waals surface area (Å²) in [6.07, 6.45) is 0.